The molecule has 130 valence electrons. The molecule has 3 aromatic rings. The van der Waals surface area contributed by atoms with E-state index in [9.17, 15) is 9.59 Å². The first-order valence-electron chi connectivity index (χ1n) is 7.92. The molecule has 2 N–H and O–H groups in total. The van der Waals surface area contributed by atoms with Crippen LogP contribution in [0.3, 0.4) is 0 Å². The van der Waals surface area contributed by atoms with Gasteiger partial charge in [-0.2, -0.15) is 0 Å². The largest absolute Gasteiger partial charge is 0.368 e. The molecule has 0 saturated carbocycles. The molecule has 3 rings (SSSR count). The number of nitrogens with two attached hydrogens (primary N) is 1. The molecule has 7 heteroatoms. The molecule has 2 heterocycles. The van der Waals surface area contributed by atoms with Crippen molar-refractivity contribution in [3.63, 3.8) is 0 Å². The number of halogens is 1. The SMILES string of the molecule is CCC(C(N)=O)n1c(C)nc2sc(C)c(-c3ccc(Br)cc3)c2c1=O. The first-order valence-corrected chi connectivity index (χ1v) is 9.53. The van der Waals surface area contributed by atoms with E-state index in [0.717, 1.165) is 20.5 Å². The van der Waals surface area contributed by atoms with Crippen LogP contribution in [0, 0.1) is 13.8 Å². The molecule has 0 saturated heterocycles. The van der Waals surface area contributed by atoms with Gasteiger partial charge in [0.2, 0.25) is 5.91 Å². The average molecular weight is 420 g/mol. The van der Waals surface area contributed by atoms with Crippen molar-refractivity contribution < 1.29 is 4.79 Å². The van der Waals surface area contributed by atoms with E-state index in [0.29, 0.717) is 22.5 Å². The number of rotatable bonds is 4. The Morgan fingerprint density at radius 2 is 1.96 bits per heavy atom. The summed E-state index contributed by atoms with van der Waals surface area (Å²) in [5, 5.41) is 0.551. The Kier molecular flexibility index (Phi) is 4.79. The van der Waals surface area contributed by atoms with Crippen molar-refractivity contribution in [1.82, 2.24) is 9.55 Å². The third-order valence-corrected chi connectivity index (χ3v) is 5.80. The summed E-state index contributed by atoms with van der Waals surface area (Å²) in [4.78, 5) is 31.3. The number of fused-ring (bicyclic) bond motifs is 1. The predicted octanol–water partition coefficient (Wildman–Crippen LogP) is 3.94. The van der Waals surface area contributed by atoms with Crippen LogP contribution in [0.4, 0.5) is 0 Å². The number of carbonyl (C=O) groups excluding carboxylic acids is 1. The summed E-state index contributed by atoms with van der Waals surface area (Å²) in [6.45, 7) is 5.55. The minimum atomic E-state index is -0.692. The van der Waals surface area contributed by atoms with Gasteiger partial charge in [0, 0.05) is 14.9 Å². The van der Waals surface area contributed by atoms with E-state index in [2.05, 4.69) is 20.9 Å². The van der Waals surface area contributed by atoms with Gasteiger partial charge in [0.1, 0.15) is 16.7 Å². The summed E-state index contributed by atoms with van der Waals surface area (Å²) in [7, 11) is 0. The Hall–Kier alpha value is -1.99. The van der Waals surface area contributed by atoms with E-state index < -0.39 is 11.9 Å². The Balaban J connectivity index is 2.37. The fourth-order valence-corrected chi connectivity index (χ4v) is 4.46. The molecule has 1 unspecified atom stereocenters. The van der Waals surface area contributed by atoms with Gasteiger partial charge in [0.05, 0.1) is 5.39 Å². The summed E-state index contributed by atoms with van der Waals surface area (Å²) in [6, 6.07) is 7.12. The molecule has 2 aromatic heterocycles. The van der Waals surface area contributed by atoms with Crippen molar-refractivity contribution in [2.45, 2.75) is 33.2 Å². The van der Waals surface area contributed by atoms with E-state index >= 15 is 0 Å². The van der Waals surface area contributed by atoms with Crippen LogP contribution in [-0.2, 0) is 4.79 Å². The van der Waals surface area contributed by atoms with Gasteiger partial charge in [-0.15, -0.1) is 11.3 Å². The number of primary amides is 1. The maximum absolute atomic E-state index is 13.2. The maximum atomic E-state index is 13.2. The average Bonchev–Trinajstić information content (AvgIpc) is 2.88. The molecule has 1 aromatic carbocycles. The Bertz CT molecular complexity index is 1020. The van der Waals surface area contributed by atoms with Crippen molar-refractivity contribution in [2.24, 2.45) is 5.73 Å². The standard InChI is InChI=1S/C18H18BrN3O2S/c1-4-13(16(20)23)22-10(3)21-17-15(18(22)24)14(9(2)25-17)11-5-7-12(19)8-6-11/h5-8,13H,4H2,1-3H3,(H2,20,23). The molecule has 0 fully saturated rings. The highest BCUT2D eigenvalue weighted by Gasteiger charge is 2.24. The van der Waals surface area contributed by atoms with Gasteiger partial charge < -0.3 is 5.73 Å². The quantitative estimate of drug-likeness (QED) is 0.695. The van der Waals surface area contributed by atoms with E-state index in [4.69, 9.17) is 5.73 Å². The number of hydrogen-bond acceptors (Lipinski definition) is 4. The van der Waals surface area contributed by atoms with Crippen LogP contribution in [-0.4, -0.2) is 15.5 Å². The lowest BCUT2D eigenvalue weighted by molar-refractivity contribution is -0.121. The normalized spacial score (nSPS) is 12.5. The molecule has 1 amide bonds. The highest BCUT2D eigenvalue weighted by molar-refractivity contribution is 9.10. The third kappa shape index (κ3) is 3.02. The fraction of sp³-hybridized carbons (Fsp3) is 0.278. The third-order valence-electron chi connectivity index (χ3n) is 4.27. The maximum Gasteiger partial charge on any atom is 0.263 e. The molecule has 0 aliphatic carbocycles. The Morgan fingerprint density at radius 1 is 1.32 bits per heavy atom. The number of thiophene rings is 1. The lowest BCUT2D eigenvalue weighted by Crippen LogP contribution is -2.35. The summed E-state index contributed by atoms with van der Waals surface area (Å²) in [5.74, 6) is -0.0160. The van der Waals surface area contributed by atoms with E-state index in [1.165, 1.54) is 15.9 Å². The summed E-state index contributed by atoms with van der Waals surface area (Å²) < 4.78 is 2.40. The van der Waals surface area contributed by atoms with Gasteiger partial charge in [-0.1, -0.05) is 35.0 Å². The first-order chi connectivity index (χ1) is 11.8. The van der Waals surface area contributed by atoms with Crippen LogP contribution in [0.25, 0.3) is 21.3 Å². The molecular weight excluding hydrogens is 402 g/mol. The van der Waals surface area contributed by atoms with Gasteiger partial charge in [-0.3, -0.25) is 14.2 Å². The lowest BCUT2D eigenvalue weighted by atomic mass is 10.0. The number of hydrogen-bond donors (Lipinski definition) is 1. The Morgan fingerprint density at radius 3 is 2.52 bits per heavy atom. The molecule has 0 aliphatic heterocycles. The minimum absolute atomic E-state index is 0.213. The highest BCUT2D eigenvalue weighted by atomic mass is 79.9. The van der Waals surface area contributed by atoms with Gasteiger partial charge in [0.25, 0.3) is 5.56 Å². The number of aromatic nitrogens is 2. The van der Waals surface area contributed by atoms with Gasteiger partial charge in [0.15, 0.2) is 0 Å². The van der Waals surface area contributed by atoms with E-state index in [1.807, 2.05) is 38.1 Å². The topological polar surface area (TPSA) is 78.0 Å². The molecule has 1 atom stereocenters. The van der Waals surface area contributed by atoms with Crippen molar-refractivity contribution in [1.29, 1.82) is 0 Å². The van der Waals surface area contributed by atoms with Crippen molar-refractivity contribution in [2.75, 3.05) is 0 Å². The summed E-state index contributed by atoms with van der Waals surface area (Å²) >= 11 is 4.92. The van der Waals surface area contributed by atoms with Gasteiger partial charge in [-0.25, -0.2) is 4.98 Å². The van der Waals surface area contributed by atoms with Crippen LogP contribution in [0.15, 0.2) is 33.5 Å². The second-order valence-electron chi connectivity index (χ2n) is 5.88. The second kappa shape index (κ2) is 6.72. The number of benzene rings is 1. The minimum Gasteiger partial charge on any atom is -0.368 e. The van der Waals surface area contributed by atoms with Crippen LogP contribution in [0.2, 0.25) is 0 Å². The number of amides is 1. The predicted molar refractivity (Wildman–Crippen MR) is 105 cm³/mol. The van der Waals surface area contributed by atoms with Crippen LogP contribution >= 0.6 is 27.3 Å². The zero-order valence-electron chi connectivity index (χ0n) is 14.2. The smallest absolute Gasteiger partial charge is 0.263 e. The number of carbonyl (C=O) groups is 1. The van der Waals surface area contributed by atoms with Gasteiger partial charge >= 0.3 is 0 Å². The Labute approximate surface area is 157 Å². The highest BCUT2D eigenvalue weighted by Crippen LogP contribution is 2.36. The number of aryl methyl sites for hydroxylation is 2. The second-order valence-corrected chi connectivity index (χ2v) is 8.00. The molecule has 0 spiro atoms. The summed E-state index contributed by atoms with van der Waals surface area (Å²) in [6.07, 6.45) is 0.444. The zero-order valence-corrected chi connectivity index (χ0v) is 16.6. The fourth-order valence-electron chi connectivity index (χ4n) is 3.12. The molecule has 0 bridgehead atoms. The van der Waals surface area contributed by atoms with Crippen molar-refractivity contribution in [3.05, 3.63) is 49.8 Å². The monoisotopic (exact) mass is 419 g/mol. The van der Waals surface area contributed by atoms with Crippen LogP contribution in [0.5, 0.6) is 0 Å². The molecule has 5 nitrogen and oxygen atoms in total. The van der Waals surface area contributed by atoms with E-state index in [-0.39, 0.29) is 5.56 Å². The number of nitrogens with zero attached hydrogens (tertiary/aromatic N) is 2. The van der Waals surface area contributed by atoms with Crippen LogP contribution in [0.1, 0.15) is 30.1 Å². The molecule has 0 aliphatic rings. The van der Waals surface area contributed by atoms with Crippen molar-refractivity contribution in [3.8, 4) is 11.1 Å². The van der Waals surface area contributed by atoms with E-state index in [1.54, 1.807) is 6.92 Å². The van der Waals surface area contributed by atoms with Crippen LogP contribution < -0.4 is 11.3 Å². The summed E-state index contributed by atoms with van der Waals surface area (Å²) in [5.41, 5.74) is 7.12. The van der Waals surface area contributed by atoms with Crippen molar-refractivity contribution >= 4 is 43.4 Å². The zero-order chi connectivity index (χ0) is 18.3. The first kappa shape index (κ1) is 17.8. The molecule has 25 heavy (non-hydrogen) atoms. The molecular formula is C18H18BrN3O2S. The van der Waals surface area contributed by atoms with Gasteiger partial charge in [-0.05, 0) is 38.0 Å². The molecule has 0 radical (unpaired) electrons. The lowest BCUT2D eigenvalue weighted by Gasteiger charge is -2.17.